The fraction of sp³-hybridized carbons (Fsp3) is 0. The van der Waals surface area contributed by atoms with Gasteiger partial charge >= 0.3 is 0 Å². The third kappa shape index (κ3) is 2.34. The maximum atomic E-state index is 13.0. The molecule has 4 aromatic rings. The zero-order valence-corrected chi connectivity index (χ0v) is 13.8. The van der Waals surface area contributed by atoms with Crippen molar-refractivity contribution < 1.29 is 4.79 Å². The summed E-state index contributed by atoms with van der Waals surface area (Å²) in [5.41, 5.74) is 9.12. The van der Waals surface area contributed by atoms with Crippen LogP contribution in [0.1, 0.15) is 21.6 Å². The van der Waals surface area contributed by atoms with E-state index in [-0.39, 0.29) is 5.78 Å². The second-order valence-electron chi connectivity index (χ2n) is 5.73. The maximum absolute atomic E-state index is 13.0. The van der Waals surface area contributed by atoms with E-state index in [0.717, 1.165) is 10.9 Å². The number of carbonyl (C=O) groups is 1. The highest BCUT2D eigenvalue weighted by molar-refractivity contribution is 6.35. The van der Waals surface area contributed by atoms with Gasteiger partial charge in [0.15, 0.2) is 0 Å². The zero-order chi connectivity index (χ0) is 17.6. The third-order valence-corrected chi connectivity index (χ3v) is 4.57. The lowest BCUT2D eigenvalue weighted by Gasteiger charge is -2.08. The van der Waals surface area contributed by atoms with Gasteiger partial charge in [-0.2, -0.15) is 5.26 Å². The highest BCUT2D eigenvalue weighted by Crippen LogP contribution is 2.29. The summed E-state index contributed by atoms with van der Waals surface area (Å²) in [5, 5.41) is 10.9. The van der Waals surface area contributed by atoms with Gasteiger partial charge in [-0.1, -0.05) is 17.7 Å². The number of anilines is 1. The number of halogens is 1. The van der Waals surface area contributed by atoms with Crippen molar-refractivity contribution in [3.8, 4) is 6.07 Å². The summed E-state index contributed by atoms with van der Waals surface area (Å²) in [4.78, 5) is 13.0. The number of carbonyl (C=O) groups excluding carboxylic acids is 1. The predicted octanol–water partition coefficient (Wildman–Crippen LogP) is 4.43. The molecule has 5 heteroatoms. The lowest BCUT2D eigenvalue weighted by molar-refractivity contribution is 0.103. The lowest BCUT2D eigenvalue weighted by atomic mass is 10.1. The molecule has 0 atom stereocenters. The molecule has 2 aromatic heterocycles. The van der Waals surface area contributed by atoms with E-state index in [9.17, 15) is 10.1 Å². The van der Waals surface area contributed by atoms with Crippen LogP contribution < -0.4 is 5.73 Å². The molecule has 0 spiro atoms. The number of hydrogen-bond acceptors (Lipinski definition) is 3. The van der Waals surface area contributed by atoms with E-state index in [1.165, 1.54) is 0 Å². The number of ketones is 1. The molecule has 0 unspecified atom stereocenters. The summed E-state index contributed by atoms with van der Waals surface area (Å²) in [7, 11) is 0. The van der Waals surface area contributed by atoms with Gasteiger partial charge in [-0.15, -0.1) is 0 Å². The Morgan fingerprint density at radius 1 is 1.04 bits per heavy atom. The number of benzene rings is 2. The van der Waals surface area contributed by atoms with Gasteiger partial charge in [0.1, 0.15) is 6.07 Å². The fourth-order valence-electron chi connectivity index (χ4n) is 3.04. The Kier molecular flexibility index (Phi) is 3.45. The lowest BCUT2D eigenvalue weighted by Crippen LogP contribution is -2.06. The smallest absolute Gasteiger partial charge is 0.209 e. The van der Waals surface area contributed by atoms with Gasteiger partial charge in [-0.05, 0) is 54.6 Å². The Labute approximate surface area is 148 Å². The first kappa shape index (κ1) is 15.3. The molecule has 0 radical (unpaired) electrons. The monoisotopic (exact) mass is 345 g/mol. The minimum Gasteiger partial charge on any atom is -0.399 e. The van der Waals surface area contributed by atoms with Crippen molar-refractivity contribution in [2.45, 2.75) is 0 Å². The first-order valence-electron chi connectivity index (χ1n) is 7.63. The summed E-state index contributed by atoms with van der Waals surface area (Å²) in [6.07, 6.45) is 0. The fourth-order valence-corrected chi connectivity index (χ4v) is 3.27. The summed E-state index contributed by atoms with van der Waals surface area (Å²) >= 11 is 6.29. The average molecular weight is 346 g/mol. The molecule has 0 saturated carbocycles. The van der Waals surface area contributed by atoms with Crippen LogP contribution in [0.4, 0.5) is 5.69 Å². The number of rotatable bonds is 2. The van der Waals surface area contributed by atoms with E-state index >= 15 is 0 Å². The van der Waals surface area contributed by atoms with Crippen molar-refractivity contribution in [1.82, 2.24) is 4.40 Å². The summed E-state index contributed by atoms with van der Waals surface area (Å²) in [6.45, 7) is 0. The Morgan fingerprint density at radius 3 is 2.52 bits per heavy atom. The number of nitrogen functional groups attached to an aromatic ring is 1. The molecule has 2 aromatic carbocycles. The molecule has 120 valence electrons. The van der Waals surface area contributed by atoms with E-state index < -0.39 is 0 Å². The largest absolute Gasteiger partial charge is 0.399 e. The Bertz CT molecular complexity index is 1180. The Hall–Kier alpha value is -3.29. The van der Waals surface area contributed by atoms with Crippen LogP contribution >= 0.6 is 11.6 Å². The number of nitrogens with two attached hydrogens (primary N) is 1. The SMILES string of the molecule is N#Cc1cc(C(=O)c2ccc(N)cc2)n2c1ccc1c(Cl)cccc12. The van der Waals surface area contributed by atoms with Gasteiger partial charge in [-0.3, -0.25) is 4.79 Å². The van der Waals surface area contributed by atoms with Crippen LogP contribution in [0, 0.1) is 11.3 Å². The van der Waals surface area contributed by atoms with Crippen molar-refractivity contribution in [3.63, 3.8) is 0 Å². The van der Waals surface area contributed by atoms with Crippen LogP contribution in [0.5, 0.6) is 0 Å². The van der Waals surface area contributed by atoms with E-state index in [1.807, 2.05) is 24.3 Å². The topological polar surface area (TPSA) is 71.3 Å². The molecule has 0 bridgehead atoms. The van der Waals surface area contributed by atoms with Crippen molar-refractivity contribution >= 4 is 39.5 Å². The Morgan fingerprint density at radius 2 is 1.80 bits per heavy atom. The van der Waals surface area contributed by atoms with Gasteiger partial charge in [0.25, 0.3) is 0 Å². The van der Waals surface area contributed by atoms with Crippen LogP contribution in [0.25, 0.3) is 16.4 Å². The highest BCUT2D eigenvalue weighted by Gasteiger charge is 2.19. The van der Waals surface area contributed by atoms with Crippen molar-refractivity contribution in [3.05, 3.63) is 82.5 Å². The van der Waals surface area contributed by atoms with E-state index in [1.54, 1.807) is 40.8 Å². The molecule has 2 N–H and O–H groups in total. The van der Waals surface area contributed by atoms with Gasteiger partial charge in [0.2, 0.25) is 5.78 Å². The maximum Gasteiger partial charge on any atom is 0.209 e. The van der Waals surface area contributed by atoms with Gasteiger partial charge in [0, 0.05) is 21.7 Å². The minimum absolute atomic E-state index is 0.177. The third-order valence-electron chi connectivity index (χ3n) is 4.24. The summed E-state index contributed by atoms with van der Waals surface area (Å²) in [5.74, 6) is -0.177. The van der Waals surface area contributed by atoms with E-state index in [2.05, 4.69) is 6.07 Å². The first-order valence-corrected chi connectivity index (χ1v) is 8.01. The zero-order valence-electron chi connectivity index (χ0n) is 13.0. The molecular formula is C20H12ClN3O. The molecule has 4 rings (SSSR count). The van der Waals surface area contributed by atoms with Gasteiger partial charge in [0.05, 0.1) is 22.3 Å². The number of hydrogen-bond donors (Lipinski definition) is 1. The van der Waals surface area contributed by atoms with Crippen LogP contribution in [-0.2, 0) is 0 Å². The molecule has 0 aliphatic carbocycles. The number of pyridine rings is 1. The summed E-state index contributed by atoms with van der Waals surface area (Å²) < 4.78 is 1.79. The molecule has 0 saturated heterocycles. The van der Waals surface area contributed by atoms with Crippen molar-refractivity contribution in [2.24, 2.45) is 0 Å². The van der Waals surface area contributed by atoms with Crippen molar-refractivity contribution in [2.75, 3.05) is 5.73 Å². The molecule has 2 heterocycles. The first-order chi connectivity index (χ1) is 12.1. The van der Waals surface area contributed by atoms with Crippen molar-refractivity contribution in [1.29, 1.82) is 5.26 Å². The number of nitriles is 1. The Balaban J connectivity index is 2.06. The number of fused-ring (bicyclic) bond motifs is 3. The van der Waals surface area contributed by atoms with Crippen LogP contribution in [-0.4, -0.2) is 10.2 Å². The van der Waals surface area contributed by atoms with Crippen LogP contribution in [0.3, 0.4) is 0 Å². The molecule has 0 fully saturated rings. The number of nitrogens with zero attached hydrogens (tertiary/aromatic N) is 2. The molecule has 4 nitrogen and oxygen atoms in total. The second-order valence-corrected chi connectivity index (χ2v) is 6.14. The number of aromatic nitrogens is 1. The van der Waals surface area contributed by atoms with Gasteiger partial charge in [-0.25, -0.2) is 0 Å². The van der Waals surface area contributed by atoms with E-state index in [0.29, 0.717) is 33.0 Å². The molecule has 0 aliphatic heterocycles. The van der Waals surface area contributed by atoms with Crippen LogP contribution in [0.15, 0.2) is 60.7 Å². The average Bonchev–Trinajstić information content (AvgIpc) is 3.01. The normalized spacial score (nSPS) is 10.9. The molecule has 0 aliphatic rings. The molecule has 25 heavy (non-hydrogen) atoms. The second kappa shape index (κ2) is 5.66. The summed E-state index contributed by atoms with van der Waals surface area (Å²) in [6, 6.07) is 19.7. The van der Waals surface area contributed by atoms with E-state index in [4.69, 9.17) is 17.3 Å². The van der Waals surface area contributed by atoms with Gasteiger partial charge < -0.3 is 10.1 Å². The molecular weight excluding hydrogens is 334 g/mol. The minimum atomic E-state index is -0.177. The predicted molar refractivity (Wildman–Crippen MR) is 98.9 cm³/mol. The highest BCUT2D eigenvalue weighted by atomic mass is 35.5. The quantitative estimate of drug-likeness (QED) is 0.431. The van der Waals surface area contributed by atoms with Crippen LogP contribution in [0.2, 0.25) is 5.02 Å². The molecule has 0 amide bonds. The standard InChI is InChI=1S/C20H12ClN3O/c21-16-2-1-3-18-15(16)8-9-17-13(11-22)10-19(24(17)18)20(25)12-4-6-14(23)7-5-12/h1-10H,23H2.